The number of imidazole rings is 1. The minimum Gasteiger partial charge on any atom is -0.454 e. The third-order valence-electron chi connectivity index (χ3n) is 3.11. The number of nitrogens with zero attached hydrogens (tertiary/aromatic N) is 2. The van der Waals surface area contributed by atoms with E-state index in [4.69, 9.17) is 9.47 Å². The highest BCUT2D eigenvalue weighted by Crippen LogP contribution is 2.36. The number of ether oxygens (including phenoxy) is 2. The van der Waals surface area contributed by atoms with Crippen molar-refractivity contribution in [1.82, 2.24) is 9.55 Å². The number of fused-ring (bicyclic) bond motifs is 2. The highest BCUT2D eigenvalue weighted by atomic mass is 16.7. The van der Waals surface area contributed by atoms with Crippen molar-refractivity contribution in [3.63, 3.8) is 0 Å². The molecule has 5 heteroatoms. The summed E-state index contributed by atoms with van der Waals surface area (Å²) in [5, 5.41) is 9.19. The van der Waals surface area contributed by atoms with Gasteiger partial charge < -0.3 is 19.1 Å². The number of aliphatic hydroxyl groups excluding tert-OH is 1. The maximum atomic E-state index is 9.19. The van der Waals surface area contributed by atoms with E-state index in [9.17, 15) is 5.11 Å². The van der Waals surface area contributed by atoms with Gasteiger partial charge in [0.1, 0.15) is 5.82 Å². The van der Waals surface area contributed by atoms with Gasteiger partial charge in [-0.15, -0.1) is 0 Å². The molecule has 0 bridgehead atoms. The van der Waals surface area contributed by atoms with Crippen LogP contribution in [-0.2, 0) is 6.54 Å². The molecule has 96 valence electrons. The van der Waals surface area contributed by atoms with Crippen LogP contribution >= 0.6 is 0 Å². The number of hydrogen-bond donors (Lipinski definition) is 1. The second kappa shape index (κ2) is 4.17. The topological polar surface area (TPSA) is 56.5 Å². The van der Waals surface area contributed by atoms with E-state index >= 15 is 0 Å². The van der Waals surface area contributed by atoms with Crippen LogP contribution in [0.1, 0.15) is 25.6 Å². The van der Waals surface area contributed by atoms with Crippen molar-refractivity contribution in [2.24, 2.45) is 0 Å². The molecule has 1 N–H and O–H groups in total. The molecule has 1 aromatic carbocycles. The third-order valence-corrected chi connectivity index (χ3v) is 3.11. The quantitative estimate of drug-likeness (QED) is 0.901. The number of aromatic nitrogens is 2. The summed E-state index contributed by atoms with van der Waals surface area (Å²) >= 11 is 0. The summed E-state index contributed by atoms with van der Waals surface area (Å²) in [4.78, 5) is 4.62. The zero-order valence-corrected chi connectivity index (χ0v) is 10.5. The Hall–Kier alpha value is -1.75. The molecule has 1 aliphatic heterocycles. The van der Waals surface area contributed by atoms with Gasteiger partial charge in [0.05, 0.1) is 17.6 Å². The van der Waals surface area contributed by atoms with Crippen molar-refractivity contribution in [2.75, 3.05) is 13.4 Å². The van der Waals surface area contributed by atoms with Gasteiger partial charge in [0.25, 0.3) is 0 Å². The van der Waals surface area contributed by atoms with Crippen LogP contribution in [0.5, 0.6) is 11.5 Å². The lowest BCUT2D eigenvalue weighted by Crippen LogP contribution is -2.08. The van der Waals surface area contributed by atoms with Gasteiger partial charge in [-0.25, -0.2) is 4.98 Å². The molecule has 0 amide bonds. The van der Waals surface area contributed by atoms with Gasteiger partial charge in [0.15, 0.2) is 11.5 Å². The average molecular weight is 248 g/mol. The van der Waals surface area contributed by atoms with Gasteiger partial charge in [-0.3, -0.25) is 0 Å². The summed E-state index contributed by atoms with van der Waals surface area (Å²) in [7, 11) is 0. The first-order chi connectivity index (χ1) is 8.70. The first-order valence-electron chi connectivity index (χ1n) is 6.11. The lowest BCUT2D eigenvalue weighted by Gasteiger charge is -2.09. The van der Waals surface area contributed by atoms with Gasteiger partial charge in [-0.05, 0) is 0 Å². The van der Waals surface area contributed by atoms with Crippen LogP contribution in [0.25, 0.3) is 11.0 Å². The van der Waals surface area contributed by atoms with Crippen LogP contribution in [0.2, 0.25) is 0 Å². The van der Waals surface area contributed by atoms with E-state index in [0.717, 1.165) is 28.4 Å². The Balaban J connectivity index is 2.22. The first kappa shape index (κ1) is 11.3. The van der Waals surface area contributed by atoms with E-state index in [2.05, 4.69) is 18.8 Å². The van der Waals surface area contributed by atoms with Crippen molar-refractivity contribution < 1.29 is 14.6 Å². The predicted molar refractivity (Wildman–Crippen MR) is 67.0 cm³/mol. The summed E-state index contributed by atoms with van der Waals surface area (Å²) in [6, 6.07) is 3.84. The highest BCUT2D eigenvalue weighted by molar-refractivity contribution is 5.81. The monoisotopic (exact) mass is 248 g/mol. The second-order valence-corrected chi connectivity index (χ2v) is 4.69. The molecular formula is C13H16N2O3. The van der Waals surface area contributed by atoms with Crippen LogP contribution in [0.15, 0.2) is 12.1 Å². The number of aliphatic hydroxyl groups is 1. The summed E-state index contributed by atoms with van der Waals surface area (Å²) in [6.45, 7) is 5.09. The Bertz CT molecular complexity index is 589. The van der Waals surface area contributed by atoms with E-state index in [1.54, 1.807) is 0 Å². The van der Waals surface area contributed by atoms with Crippen molar-refractivity contribution >= 4 is 11.0 Å². The fourth-order valence-corrected chi connectivity index (χ4v) is 2.31. The van der Waals surface area contributed by atoms with Crippen LogP contribution in [0.4, 0.5) is 0 Å². The molecule has 0 atom stereocenters. The summed E-state index contributed by atoms with van der Waals surface area (Å²) < 4.78 is 12.8. The molecule has 0 radical (unpaired) electrons. The minimum absolute atomic E-state index is 0.0968. The number of benzene rings is 1. The summed E-state index contributed by atoms with van der Waals surface area (Å²) in [5.41, 5.74) is 1.87. The molecule has 3 rings (SSSR count). The standard InChI is InChI=1S/C13H16N2O3/c1-8(2)13-14-9-5-11-12(18-7-17-11)6-10(9)15(13)3-4-16/h5-6,8,16H,3-4,7H2,1-2H3. The molecule has 5 nitrogen and oxygen atoms in total. The lowest BCUT2D eigenvalue weighted by atomic mass is 10.2. The lowest BCUT2D eigenvalue weighted by molar-refractivity contribution is 0.174. The van der Waals surface area contributed by atoms with Crippen LogP contribution in [0.3, 0.4) is 0 Å². The minimum atomic E-state index is 0.0968. The molecule has 2 heterocycles. The average Bonchev–Trinajstić information content (AvgIpc) is 2.91. The Morgan fingerprint density at radius 1 is 1.33 bits per heavy atom. The van der Waals surface area contributed by atoms with E-state index in [-0.39, 0.29) is 13.4 Å². The summed E-state index contributed by atoms with van der Waals surface area (Å²) in [5.74, 6) is 2.77. The molecule has 2 aromatic rings. The Labute approximate surface area is 105 Å². The van der Waals surface area contributed by atoms with E-state index in [1.165, 1.54) is 0 Å². The van der Waals surface area contributed by atoms with Gasteiger partial charge in [-0.2, -0.15) is 0 Å². The normalized spacial score (nSPS) is 13.8. The molecule has 1 aromatic heterocycles. The van der Waals surface area contributed by atoms with E-state index < -0.39 is 0 Å². The zero-order chi connectivity index (χ0) is 12.7. The third kappa shape index (κ3) is 1.62. The SMILES string of the molecule is CC(C)c1nc2cc3c(cc2n1CCO)OCO3. The highest BCUT2D eigenvalue weighted by Gasteiger charge is 2.19. The molecule has 0 fully saturated rings. The second-order valence-electron chi connectivity index (χ2n) is 4.69. The number of hydrogen-bond acceptors (Lipinski definition) is 4. The van der Waals surface area contributed by atoms with E-state index in [1.807, 2.05) is 16.7 Å². The van der Waals surface area contributed by atoms with Gasteiger partial charge in [0.2, 0.25) is 6.79 Å². The molecule has 0 saturated heterocycles. The molecule has 18 heavy (non-hydrogen) atoms. The maximum Gasteiger partial charge on any atom is 0.231 e. The Morgan fingerprint density at radius 3 is 2.72 bits per heavy atom. The molecular weight excluding hydrogens is 232 g/mol. The molecule has 0 saturated carbocycles. The Kier molecular flexibility index (Phi) is 2.63. The smallest absolute Gasteiger partial charge is 0.231 e. The molecule has 0 aliphatic carbocycles. The van der Waals surface area contributed by atoms with Gasteiger partial charge in [0, 0.05) is 24.6 Å². The fraction of sp³-hybridized carbons (Fsp3) is 0.462. The predicted octanol–water partition coefficient (Wildman–Crippen LogP) is 1.88. The van der Waals surface area contributed by atoms with Crippen molar-refractivity contribution in [1.29, 1.82) is 0 Å². The van der Waals surface area contributed by atoms with Crippen LogP contribution < -0.4 is 9.47 Å². The first-order valence-corrected chi connectivity index (χ1v) is 6.11. The molecule has 0 unspecified atom stereocenters. The number of rotatable bonds is 3. The largest absolute Gasteiger partial charge is 0.454 e. The fourth-order valence-electron chi connectivity index (χ4n) is 2.31. The van der Waals surface area contributed by atoms with Crippen molar-refractivity contribution in [3.05, 3.63) is 18.0 Å². The van der Waals surface area contributed by atoms with Crippen LogP contribution in [0, 0.1) is 0 Å². The Morgan fingerprint density at radius 2 is 2.06 bits per heavy atom. The van der Waals surface area contributed by atoms with Crippen LogP contribution in [-0.4, -0.2) is 28.1 Å². The van der Waals surface area contributed by atoms with E-state index in [0.29, 0.717) is 12.5 Å². The van der Waals surface area contributed by atoms with Gasteiger partial charge in [-0.1, -0.05) is 13.8 Å². The van der Waals surface area contributed by atoms with Crippen molar-refractivity contribution in [3.8, 4) is 11.5 Å². The zero-order valence-electron chi connectivity index (χ0n) is 10.5. The van der Waals surface area contributed by atoms with Crippen molar-refractivity contribution in [2.45, 2.75) is 26.3 Å². The maximum absolute atomic E-state index is 9.19. The molecule has 1 aliphatic rings. The summed E-state index contributed by atoms with van der Waals surface area (Å²) in [6.07, 6.45) is 0. The molecule has 0 spiro atoms. The van der Waals surface area contributed by atoms with Gasteiger partial charge >= 0.3 is 0 Å².